The van der Waals surface area contributed by atoms with Crippen molar-refractivity contribution in [1.82, 2.24) is 0 Å². The number of nitrogens with two attached hydrogens (primary N) is 1. The summed E-state index contributed by atoms with van der Waals surface area (Å²) in [7, 11) is 0. The number of piperidine rings is 1. The Morgan fingerprint density at radius 3 is 2.34 bits per heavy atom. The zero-order valence-electron chi connectivity index (χ0n) is 15.8. The Balaban J connectivity index is 1.74. The molecule has 0 aliphatic carbocycles. The van der Waals surface area contributed by atoms with Crippen molar-refractivity contribution >= 4 is 50.8 Å². The molecule has 0 atom stereocenters. The van der Waals surface area contributed by atoms with Gasteiger partial charge in [0.2, 0.25) is 5.78 Å². The Labute approximate surface area is 178 Å². The molecular weight excluding hydrogens is 404 g/mol. The third kappa shape index (κ3) is 4.33. The van der Waals surface area contributed by atoms with E-state index >= 15 is 0 Å². The van der Waals surface area contributed by atoms with Gasteiger partial charge in [0.25, 0.3) is 0 Å². The van der Waals surface area contributed by atoms with Gasteiger partial charge in [-0.05, 0) is 55.7 Å². The molecule has 2 N–H and O–H groups in total. The lowest BCUT2D eigenvalue weighted by Crippen LogP contribution is -2.28. The average molecular weight is 425 g/mol. The number of benzene rings is 2. The van der Waals surface area contributed by atoms with Crippen molar-refractivity contribution in [1.29, 1.82) is 0 Å². The molecule has 1 aromatic heterocycles. The van der Waals surface area contributed by atoms with Crippen molar-refractivity contribution in [3.63, 3.8) is 0 Å². The maximum atomic E-state index is 13.1. The molecule has 0 unspecified atom stereocenters. The number of carbonyl (C=O) groups is 1. The third-order valence-electron chi connectivity index (χ3n) is 4.88. The zero-order chi connectivity index (χ0) is 20.2. The van der Waals surface area contributed by atoms with Crippen LogP contribution in [0.3, 0.4) is 0 Å². The first kappa shape index (κ1) is 19.6. The summed E-state index contributed by atoms with van der Waals surface area (Å²) < 4.78 is 0. The summed E-state index contributed by atoms with van der Waals surface area (Å²) in [6, 6.07) is 16.4. The van der Waals surface area contributed by atoms with E-state index in [1.54, 1.807) is 24.3 Å². The van der Waals surface area contributed by atoms with Crippen LogP contribution >= 0.6 is 22.9 Å². The lowest BCUT2D eigenvalue weighted by Gasteiger charge is -2.27. The van der Waals surface area contributed by atoms with E-state index in [1.165, 1.54) is 17.8 Å². The first-order valence-corrected chi connectivity index (χ1v) is 10.8. The number of nitrogens with zero attached hydrogens (tertiary/aromatic N) is 3. The fourth-order valence-corrected chi connectivity index (χ4v) is 4.63. The average Bonchev–Trinajstić information content (AvgIpc) is 3.10. The Morgan fingerprint density at radius 1 is 0.966 bits per heavy atom. The molecule has 3 aromatic rings. The van der Waals surface area contributed by atoms with E-state index in [0.717, 1.165) is 36.6 Å². The van der Waals surface area contributed by atoms with Gasteiger partial charge in [0, 0.05) is 23.7 Å². The van der Waals surface area contributed by atoms with E-state index in [9.17, 15) is 4.79 Å². The molecule has 1 saturated heterocycles. The van der Waals surface area contributed by atoms with E-state index < -0.39 is 0 Å². The Morgan fingerprint density at radius 2 is 1.66 bits per heavy atom. The standard InChI is InChI=1S/C22H21ClN4OS/c23-16-11-9-15(10-12-16)20(28)21-18(24)19(26-25-17-7-3-1-4-8-17)22(29-21)27-13-5-2-6-14-27/h1,3-4,7-12H,2,5-6,13-14,24H2. The first-order valence-electron chi connectivity index (χ1n) is 9.58. The number of rotatable bonds is 5. The molecule has 0 saturated carbocycles. The minimum Gasteiger partial charge on any atom is -0.396 e. The van der Waals surface area contributed by atoms with Gasteiger partial charge in [-0.15, -0.1) is 16.5 Å². The van der Waals surface area contributed by atoms with Crippen LogP contribution in [0.15, 0.2) is 64.8 Å². The molecule has 0 bridgehead atoms. The van der Waals surface area contributed by atoms with Gasteiger partial charge < -0.3 is 10.6 Å². The Bertz CT molecular complexity index is 1020. The number of halogens is 1. The molecule has 2 aromatic carbocycles. The number of ketones is 1. The minimum absolute atomic E-state index is 0.122. The fourth-order valence-electron chi connectivity index (χ4n) is 3.33. The van der Waals surface area contributed by atoms with Crippen molar-refractivity contribution in [2.75, 3.05) is 23.7 Å². The molecular formula is C22H21ClN4OS. The molecule has 5 nitrogen and oxygen atoms in total. The molecule has 1 aliphatic heterocycles. The van der Waals surface area contributed by atoms with Gasteiger partial charge in [-0.1, -0.05) is 29.8 Å². The van der Waals surface area contributed by atoms with Crippen molar-refractivity contribution in [3.8, 4) is 0 Å². The van der Waals surface area contributed by atoms with Crippen LogP contribution in [-0.4, -0.2) is 18.9 Å². The van der Waals surface area contributed by atoms with Crippen LogP contribution in [0, 0.1) is 0 Å². The Kier molecular flexibility index (Phi) is 5.92. The summed E-state index contributed by atoms with van der Waals surface area (Å²) in [6.07, 6.45) is 3.45. The van der Waals surface area contributed by atoms with Crippen molar-refractivity contribution < 1.29 is 4.79 Å². The minimum atomic E-state index is -0.122. The van der Waals surface area contributed by atoms with E-state index in [0.29, 0.717) is 26.8 Å². The number of carbonyl (C=O) groups excluding carboxylic acids is 1. The topological polar surface area (TPSA) is 71.1 Å². The van der Waals surface area contributed by atoms with Crippen LogP contribution in [-0.2, 0) is 0 Å². The highest BCUT2D eigenvalue weighted by Gasteiger charge is 2.26. The van der Waals surface area contributed by atoms with Crippen LogP contribution in [0.25, 0.3) is 0 Å². The number of hydrogen-bond donors (Lipinski definition) is 1. The number of hydrogen-bond acceptors (Lipinski definition) is 6. The van der Waals surface area contributed by atoms with E-state index in [4.69, 9.17) is 17.3 Å². The second kappa shape index (κ2) is 8.76. The summed E-state index contributed by atoms with van der Waals surface area (Å²) in [5.41, 5.74) is 8.69. The molecule has 7 heteroatoms. The zero-order valence-corrected chi connectivity index (χ0v) is 17.4. The van der Waals surface area contributed by atoms with Crippen molar-refractivity contribution in [3.05, 3.63) is 70.1 Å². The maximum Gasteiger partial charge on any atom is 0.205 e. The molecule has 0 radical (unpaired) electrons. The van der Waals surface area contributed by atoms with Gasteiger partial charge in [0.15, 0.2) is 0 Å². The summed E-state index contributed by atoms with van der Waals surface area (Å²) >= 11 is 7.36. The number of thiophene rings is 1. The van der Waals surface area contributed by atoms with Crippen LogP contribution in [0.5, 0.6) is 0 Å². The number of nitrogen functional groups attached to an aromatic ring is 1. The van der Waals surface area contributed by atoms with Crippen LogP contribution in [0.4, 0.5) is 22.1 Å². The van der Waals surface area contributed by atoms with Crippen LogP contribution in [0.1, 0.15) is 34.5 Å². The number of anilines is 2. The smallest absolute Gasteiger partial charge is 0.205 e. The van der Waals surface area contributed by atoms with Crippen molar-refractivity contribution in [2.45, 2.75) is 19.3 Å². The molecule has 1 fully saturated rings. The van der Waals surface area contributed by atoms with Crippen LogP contribution in [0.2, 0.25) is 5.02 Å². The summed E-state index contributed by atoms with van der Waals surface area (Å²) in [5, 5.41) is 10.3. The van der Waals surface area contributed by atoms with Crippen molar-refractivity contribution in [2.24, 2.45) is 10.2 Å². The molecule has 0 amide bonds. The van der Waals surface area contributed by atoms with Gasteiger partial charge in [-0.25, -0.2) is 0 Å². The lowest BCUT2D eigenvalue weighted by molar-refractivity contribution is 0.104. The van der Waals surface area contributed by atoms with Gasteiger partial charge in [0.05, 0.1) is 11.4 Å². The highest BCUT2D eigenvalue weighted by molar-refractivity contribution is 7.19. The third-order valence-corrected chi connectivity index (χ3v) is 6.38. The lowest BCUT2D eigenvalue weighted by atomic mass is 10.1. The van der Waals surface area contributed by atoms with Gasteiger partial charge in [-0.2, -0.15) is 5.11 Å². The second-order valence-electron chi connectivity index (χ2n) is 6.92. The normalized spacial score (nSPS) is 14.4. The fraction of sp³-hybridized carbons (Fsp3) is 0.227. The molecule has 0 spiro atoms. The molecule has 2 heterocycles. The predicted octanol–water partition coefficient (Wildman–Crippen LogP) is 6.62. The van der Waals surface area contributed by atoms with Gasteiger partial charge >= 0.3 is 0 Å². The maximum absolute atomic E-state index is 13.1. The summed E-state index contributed by atoms with van der Waals surface area (Å²) in [4.78, 5) is 15.9. The van der Waals surface area contributed by atoms with Gasteiger partial charge in [0.1, 0.15) is 15.6 Å². The Hall–Kier alpha value is -2.70. The van der Waals surface area contributed by atoms with E-state index in [1.807, 2.05) is 30.3 Å². The quantitative estimate of drug-likeness (QED) is 0.369. The highest BCUT2D eigenvalue weighted by atomic mass is 35.5. The molecule has 4 rings (SSSR count). The molecule has 1 aliphatic rings. The SMILES string of the molecule is Nc1c(C(=O)c2ccc(Cl)cc2)sc(N2CCCCC2)c1N=Nc1ccccc1. The first-order chi connectivity index (χ1) is 14.1. The van der Waals surface area contributed by atoms with Crippen LogP contribution < -0.4 is 10.6 Å². The highest BCUT2D eigenvalue weighted by Crippen LogP contribution is 2.47. The monoisotopic (exact) mass is 424 g/mol. The van der Waals surface area contributed by atoms with E-state index in [-0.39, 0.29) is 5.78 Å². The van der Waals surface area contributed by atoms with E-state index in [2.05, 4.69) is 15.1 Å². The number of azo groups is 1. The molecule has 29 heavy (non-hydrogen) atoms. The summed E-state index contributed by atoms with van der Waals surface area (Å²) in [6.45, 7) is 1.87. The van der Waals surface area contributed by atoms with Gasteiger partial charge in [-0.3, -0.25) is 4.79 Å². The predicted molar refractivity (Wildman–Crippen MR) is 120 cm³/mol. The second-order valence-corrected chi connectivity index (χ2v) is 8.35. The summed E-state index contributed by atoms with van der Waals surface area (Å²) in [5.74, 6) is -0.122. The molecule has 148 valence electrons. The largest absolute Gasteiger partial charge is 0.396 e.